The summed E-state index contributed by atoms with van der Waals surface area (Å²) in [4.78, 5) is 0. The number of hydrogen-bond donors (Lipinski definition) is 0. The zero-order chi connectivity index (χ0) is 22.9. The van der Waals surface area contributed by atoms with E-state index in [2.05, 4.69) is 123 Å². The van der Waals surface area contributed by atoms with Crippen molar-refractivity contribution >= 4 is 0 Å². The topological polar surface area (TPSA) is 38.9 Å². The van der Waals surface area contributed by atoms with Crippen LogP contribution in [0.5, 0.6) is 0 Å². The molecular weight excluding hydrogens is 404 g/mol. The third kappa shape index (κ3) is 3.98. The predicted octanol–water partition coefficient (Wildman–Crippen LogP) is 7.97. The monoisotopic (exact) mass is 430 g/mol. The van der Waals surface area contributed by atoms with Gasteiger partial charge >= 0.3 is 0 Å². The van der Waals surface area contributed by atoms with Crippen molar-refractivity contribution in [1.82, 2.24) is 10.2 Å². The van der Waals surface area contributed by atoms with E-state index < -0.39 is 0 Å². The second-order valence-electron chi connectivity index (χ2n) is 8.60. The number of aromatic nitrogens is 2. The molecule has 4 aromatic carbocycles. The first-order valence-electron chi connectivity index (χ1n) is 11.2. The van der Waals surface area contributed by atoms with Gasteiger partial charge in [-0.3, -0.25) is 0 Å². The van der Waals surface area contributed by atoms with Crippen LogP contribution in [-0.2, 0) is 0 Å². The Bertz CT molecular complexity index is 1350. The number of nitrogens with zero attached hydrogens (tertiary/aromatic N) is 2. The smallest absolute Gasteiger partial charge is 0.248 e. The largest absolute Gasteiger partial charge is 0.416 e. The van der Waals surface area contributed by atoms with Crippen LogP contribution in [0, 0.1) is 27.7 Å². The van der Waals surface area contributed by atoms with Crippen LogP contribution >= 0.6 is 0 Å². The Morgan fingerprint density at radius 2 is 0.848 bits per heavy atom. The van der Waals surface area contributed by atoms with Crippen molar-refractivity contribution in [3.05, 3.63) is 107 Å². The highest BCUT2D eigenvalue weighted by atomic mass is 16.4. The number of benzene rings is 4. The second-order valence-corrected chi connectivity index (χ2v) is 8.60. The van der Waals surface area contributed by atoms with E-state index in [1.165, 1.54) is 44.5 Å². The molecule has 0 aliphatic carbocycles. The van der Waals surface area contributed by atoms with Gasteiger partial charge in [-0.25, -0.2) is 0 Å². The molecule has 0 amide bonds. The fraction of sp³-hybridized carbons (Fsp3) is 0.133. The lowest BCUT2D eigenvalue weighted by Crippen LogP contribution is -1.88. The van der Waals surface area contributed by atoms with Crippen LogP contribution in [-0.4, -0.2) is 10.2 Å². The van der Waals surface area contributed by atoms with Crippen LogP contribution in [0.25, 0.3) is 45.2 Å². The van der Waals surface area contributed by atoms with Gasteiger partial charge in [0.1, 0.15) is 0 Å². The Hall–Kier alpha value is -3.98. The minimum atomic E-state index is 0.532. The maximum Gasteiger partial charge on any atom is 0.248 e. The molecule has 1 aromatic heterocycles. The minimum Gasteiger partial charge on any atom is -0.416 e. The minimum absolute atomic E-state index is 0.532. The molecule has 0 saturated heterocycles. The fourth-order valence-corrected chi connectivity index (χ4v) is 4.40. The van der Waals surface area contributed by atoms with E-state index in [-0.39, 0.29) is 0 Å². The van der Waals surface area contributed by atoms with Crippen LogP contribution in [0.3, 0.4) is 0 Å². The summed E-state index contributed by atoms with van der Waals surface area (Å²) in [5.74, 6) is 1.06. The molecule has 33 heavy (non-hydrogen) atoms. The first-order chi connectivity index (χ1) is 16.0. The van der Waals surface area contributed by atoms with Gasteiger partial charge in [-0.15, -0.1) is 10.2 Å². The third-order valence-electron chi connectivity index (χ3n) is 6.24. The average molecular weight is 431 g/mol. The molecule has 0 N–H and O–H groups in total. The van der Waals surface area contributed by atoms with E-state index in [0.29, 0.717) is 11.8 Å². The summed E-state index contributed by atoms with van der Waals surface area (Å²) in [5.41, 5.74) is 11.7. The first kappa shape index (κ1) is 20.9. The molecular formula is C30H26N2O. The number of rotatable bonds is 4. The van der Waals surface area contributed by atoms with Crippen molar-refractivity contribution in [2.45, 2.75) is 27.7 Å². The molecule has 5 rings (SSSR count). The molecule has 3 heteroatoms. The van der Waals surface area contributed by atoms with Crippen LogP contribution in [0.15, 0.2) is 89.3 Å². The maximum absolute atomic E-state index is 6.08. The lowest BCUT2D eigenvalue weighted by molar-refractivity contribution is 0.584. The molecule has 0 saturated carbocycles. The average Bonchev–Trinajstić information content (AvgIpc) is 3.31. The van der Waals surface area contributed by atoms with E-state index in [4.69, 9.17) is 4.42 Å². The molecule has 0 spiro atoms. The molecule has 0 unspecified atom stereocenters. The normalized spacial score (nSPS) is 11.0. The van der Waals surface area contributed by atoms with Gasteiger partial charge in [-0.1, -0.05) is 60.7 Å². The van der Waals surface area contributed by atoms with Gasteiger partial charge in [0.05, 0.1) is 0 Å². The van der Waals surface area contributed by atoms with Gasteiger partial charge < -0.3 is 4.42 Å². The fourth-order valence-electron chi connectivity index (χ4n) is 4.40. The van der Waals surface area contributed by atoms with Gasteiger partial charge in [0, 0.05) is 11.1 Å². The van der Waals surface area contributed by atoms with Crippen molar-refractivity contribution < 1.29 is 4.42 Å². The summed E-state index contributed by atoms with van der Waals surface area (Å²) >= 11 is 0. The van der Waals surface area contributed by atoms with Crippen molar-refractivity contribution in [3.63, 3.8) is 0 Å². The van der Waals surface area contributed by atoms with Crippen LogP contribution in [0.2, 0.25) is 0 Å². The Kier molecular flexibility index (Phi) is 5.39. The van der Waals surface area contributed by atoms with Crippen molar-refractivity contribution in [2.24, 2.45) is 0 Å². The Morgan fingerprint density at radius 1 is 0.455 bits per heavy atom. The van der Waals surface area contributed by atoms with Gasteiger partial charge in [-0.2, -0.15) is 0 Å². The number of hydrogen-bond acceptors (Lipinski definition) is 3. The van der Waals surface area contributed by atoms with Crippen molar-refractivity contribution in [3.8, 4) is 45.2 Å². The molecule has 0 aliphatic rings. The lowest BCUT2D eigenvalue weighted by Gasteiger charge is -2.10. The third-order valence-corrected chi connectivity index (χ3v) is 6.24. The van der Waals surface area contributed by atoms with Crippen LogP contribution in [0.4, 0.5) is 0 Å². The van der Waals surface area contributed by atoms with Crippen molar-refractivity contribution in [1.29, 1.82) is 0 Å². The molecule has 0 aliphatic heterocycles. The quantitative estimate of drug-likeness (QED) is 0.290. The van der Waals surface area contributed by atoms with Crippen LogP contribution in [0.1, 0.15) is 22.3 Å². The van der Waals surface area contributed by atoms with Gasteiger partial charge in [0.2, 0.25) is 11.8 Å². The molecule has 0 bridgehead atoms. The van der Waals surface area contributed by atoms with E-state index >= 15 is 0 Å². The molecule has 162 valence electrons. The van der Waals surface area contributed by atoms with Crippen molar-refractivity contribution in [2.75, 3.05) is 0 Å². The van der Waals surface area contributed by atoms with Gasteiger partial charge in [0.15, 0.2) is 0 Å². The Morgan fingerprint density at radius 3 is 1.24 bits per heavy atom. The summed E-state index contributed by atoms with van der Waals surface area (Å²) in [7, 11) is 0. The first-order valence-corrected chi connectivity index (χ1v) is 11.2. The van der Waals surface area contributed by atoms with Gasteiger partial charge in [-0.05, 0) is 96.5 Å². The molecule has 0 fully saturated rings. The summed E-state index contributed by atoms with van der Waals surface area (Å²) in [6.45, 7) is 8.52. The number of aryl methyl sites for hydroxylation is 4. The summed E-state index contributed by atoms with van der Waals surface area (Å²) < 4.78 is 6.08. The standard InChI is InChI=1S/C30H26N2O/c1-19-9-5-7-11-25(19)27-15-13-23(17-21(27)3)29-31-32-30(33-29)24-14-16-28(22(4)18-24)26-12-8-6-10-20(26)2/h5-18H,1-4H3. The summed E-state index contributed by atoms with van der Waals surface area (Å²) in [6.07, 6.45) is 0. The Labute approximate surface area is 194 Å². The van der Waals surface area contributed by atoms with E-state index in [1.807, 2.05) is 0 Å². The lowest BCUT2D eigenvalue weighted by atomic mass is 9.95. The van der Waals surface area contributed by atoms with E-state index in [9.17, 15) is 0 Å². The highest BCUT2D eigenvalue weighted by molar-refractivity contribution is 5.75. The molecule has 3 nitrogen and oxygen atoms in total. The summed E-state index contributed by atoms with van der Waals surface area (Å²) in [6, 6.07) is 29.5. The maximum atomic E-state index is 6.08. The molecule has 0 radical (unpaired) electrons. The summed E-state index contributed by atoms with van der Waals surface area (Å²) in [5, 5.41) is 8.66. The SMILES string of the molecule is Cc1ccccc1-c1ccc(-c2nnc(-c3ccc(-c4ccccc4C)c(C)c3)o2)cc1C. The highest BCUT2D eigenvalue weighted by Gasteiger charge is 2.14. The zero-order valence-corrected chi connectivity index (χ0v) is 19.4. The molecule has 5 aromatic rings. The van der Waals surface area contributed by atoms with E-state index in [1.54, 1.807) is 0 Å². The second kappa shape index (κ2) is 8.51. The molecule has 0 atom stereocenters. The van der Waals surface area contributed by atoms with Gasteiger partial charge in [0.25, 0.3) is 0 Å². The molecule has 1 heterocycles. The zero-order valence-electron chi connectivity index (χ0n) is 19.4. The van der Waals surface area contributed by atoms with Crippen LogP contribution < -0.4 is 0 Å². The highest BCUT2D eigenvalue weighted by Crippen LogP contribution is 2.33. The predicted molar refractivity (Wildman–Crippen MR) is 135 cm³/mol. The van der Waals surface area contributed by atoms with E-state index in [0.717, 1.165) is 11.1 Å². The Balaban J connectivity index is 1.45.